The number of benzene rings is 1. The molecule has 0 fully saturated rings. The second kappa shape index (κ2) is 4.69. The first-order chi connectivity index (χ1) is 7.29. The highest BCUT2D eigenvalue weighted by Gasteiger charge is 2.29. The fourth-order valence-electron chi connectivity index (χ4n) is 1.37. The molecule has 0 saturated carbocycles. The van der Waals surface area contributed by atoms with E-state index in [0.29, 0.717) is 0 Å². The Morgan fingerprint density at radius 2 is 1.94 bits per heavy atom. The van der Waals surface area contributed by atoms with Crippen molar-refractivity contribution in [3.63, 3.8) is 0 Å². The van der Waals surface area contributed by atoms with Gasteiger partial charge in [0.25, 0.3) is 0 Å². The first kappa shape index (κ1) is 12.8. The average Bonchev–Trinajstić information content (AvgIpc) is 2.09. The fraction of sp³-hybridized carbons (Fsp3) is 0.400. The second-order valence-electron chi connectivity index (χ2n) is 3.61. The monoisotopic (exact) mass is 236 g/mol. The summed E-state index contributed by atoms with van der Waals surface area (Å²) >= 11 is 0. The standard InChI is InChI=1S/C10H12F4N2/c1-16(6-10(12,13)14)5-7-3-2-4-8(15)9(7)11/h2-4H,5-6,15H2,1H3. The van der Waals surface area contributed by atoms with Crippen molar-refractivity contribution in [2.75, 3.05) is 19.3 Å². The number of alkyl halides is 3. The Morgan fingerprint density at radius 3 is 2.50 bits per heavy atom. The van der Waals surface area contributed by atoms with E-state index in [1.54, 1.807) is 0 Å². The molecular weight excluding hydrogens is 224 g/mol. The first-order valence-corrected chi connectivity index (χ1v) is 4.58. The Bertz CT molecular complexity index is 362. The third kappa shape index (κ3) is 3.69. The van der Waals surface area contributed by atoms with E-state index >= 15 is 0 Å². The van der Waals surface area contributed by atoms with Gasteiger partial charge in [0.15, 0.2) is 5.82 Å². The predicted molar refractivity (Wildman–Crippen MR) is 53.2 cm³/mol. The molecule has 16 heavy (non-hydrogen) atoms. The number of halogens is 4. The lowest BCUT2D eigenvalue weighted by Gasteiger charge is -2.19. The molecule has 0 bridgehead atoms. The number of anilines is 1. The Balaban J connectivity index is 2.70. The summed E-state index contributed by atoms with van der Waals surface area (Å²) in [4.78, 5) is 0.984. The summed E-state index contributed by atoms with van der Waals surface area (Å²) < 4.78 is 49.4. The van der Waals surface area contributed by atoms with E-state index in [0.717, 1.165) is 4.90 Å². The van der Waals surface area contributed by atoms with E-state index < -0.39 is 18.5 Å². The van der Waals surface area contributed by atoms with Crippen LogP contribution in [0.15, 0.2) is 18.2 Å². The summed E-state index contributed by atoms with van der Waals surface area (Å²) in [5.74, 6) is -0.656. The molecule has 2 N–H and O–H groups in total. The van der Waals surface area contributed by atoms with Crippen molar-refractivity contribution in [3.05, 3.63) is 29.6 Å². The maximum absolute atomic E-state index is 13.4. The van der Waals surface area contributed by atoms with Crippen LogP contribution in [0.2, 0.25) is 0 Å². The van der Waals surface area contributed by atoms with Crippen LogP contribution in [-0.2, 0) is 6.54 Å². The number of hydrogen-bond acceptors (Lipinski definition) is 2. The normalized spacial score (nSPS) is 12.1. The molecule has 0 saturated heterocycles. The van der Waals surface area contributed by atoms with Crippen LogP contribution in [0.3, 0.4) is 0 Å². The summed E-state index contributed by atoms with van der Waals surface area (Å²) in [5.41, 5.74) is 5.41. The molecule has 1 rings (SSSR count). The van der Waals surface area contributed by atoms with E-state index in [2.05, 4.69) is 0 Å². The zero-order valence-corrected chi connectivity index (χ0v) is 8.68. The highest BCUT2D eigenvalue weighted by atomic mass is 19.4. The minimum atomic E-state index is -4.29. The van der Waals surface area contributed by atoms with Gasteiger partial charge in [-0.15, -0.1) is 0 Å². The summed E-state index contributed by atoms with van der Waals surface area (Å²) in [5, 5.41) is 0. The number of nitrogens with two attached hydrogens (primary N) is 1. The lowest BCUT2D eigenvalue weighted by Crippen LogP contribution is -2.30. The van der Waals surface area contributed by atoms with Gasteiger partial charge in [0.1, 0.15) is 0 Å². The minimum Gasteiger partial charge on any atom is -0.396 e. The zero-order chi connectivity index (χ0) is 12.3. The Morgan fingerprint density at radius 1 is 1.31 bits per heavy atom. The molecule has 1 aromatic rings. The Labute approximate surface area is 90.7 Å². The molecule has 0 aliphatic rings. The SMILES string of the molecule is CN(Cc1cccc(N)c1F)CC(F)(F)F. The molecule has 0 atom stereocenters. The third-order valence-corrected chi connectivity index (χ3v) is 2.00. The molecule has 0 spiro atoms. The highest BCUT2D eigenvalue weighted by molar-refractivity contribution is 5.42. The van der Waals surface area contributed by atoms with Gasteiger partial charge in [-0.1, -0.05) is 12.1 Å². The molecular formula is C10H12F4N2. The zero-order valence-electron chi connectivity index (χ0n) is 8.68. The van der Waals surface area contributed by atoms with Crippen LogP contribution in [0.4, 0.5) is 23.2 Å². The van der Waals surface area contributed by atoms with Gasteiger partial charge in [0, 0.05) is 12.1 Å². The van der Waals surface area contributed by atoms with E-state index in [1.807, 2.05) is 0 Å². The van der Waals surface area contributed by atoms with Crippen LogP contribution in [0, 0.1) is 5.82 Å². The predicted octanol–water partition coefficient (Wildman–Crippen LogP) is 2.40. The van der Waals surface area contributed by atoms with E-state index in [-0.39, 0.29) is 17.8 Å². The first-order valence-electron chi connectivity index (χ1n) is 4.58. The van der Waals surface area contributed by atoms with Gasteiger partial charge in [-0.25, -0.2) is 4.39 Å². The largest absolute Gasteiger partial charge is 0.401 e. The molecule has 0 amide bonds. The molecule has 0 aromatic heterocycles. The van der Waals surface area contributed by atoms with Crippen LogP contribution < -0.4 is 5.73 Å². The van der Waals surface area contributed by atoms with Crippen LogP contribution in [0.25, 0.3) is 0 Å². The second-order valence-corrected chi connectivity index (χ2v) is 3.61. The average molecular weight is 236 g/mol. The van der Waals surface area contributed by atoms with Crippen LogP contribution in [0.5, 0.6) is 0 Å². The molecule has 0 unspecified atom stereocenters. The van der Waals surface area contributed by atoms with E-state index in [1.165, 1.54) is 25.2 Å². The van der Waals surface area contributed by atoms with Gasteiger partial charge in [0.05, 0.1) is 12.2 Å². The number of nitrogens with zero attached hydrogens (tertiary/aromatic N) is 1. The van der Waals surface area contributed by atoms with Gasteiger partial charge in [-0.3, -0.25) is 4.90 Å². The van der Waals surface area contributed by atoms with Gasteiger partial charge >= 0.3 is 6.18 Å². The molecule has 0 heterocycles. The van der Waals surface area contributed by atoms with Crippen molar-refractivity contribution in [3.8, 4) is 0 Å². The molecule has 90 valence electrons. The summed E-state index contributed by atoms with van der Waals surface area (Å²) in [7, 11) is 1.27. The van der Waals surface area contributed by atoms with Crippen molar-refractivity contribution >= 4 is 5.69 Å². The molecule has 6 heteroatoms. The number of rotatable bonds is 3. The number of hydrogen-bond donors (Lipinski definition) is 1. The van der Waals surface area contributed by atoms with Gasteiger partial charge < -0.3 is 5.73 Å². The number of nitrogen functional groups attached to an aromatic ring is 1. The minimum absolute atomic E-state index is 0.0575. The Kier molecular flexibility index (Phi) is 3.74. The van der Waals surface area contributed by atoms with Crippen molar-refractivity contribution < 1.29 is 17.6 Å². The summed E-state index contributed by atoms with van der Waals surface area (Å²) in [6.45, 7) is -1.21. The maximum atomic E-state index is 13.4. The summed E-state index contributed by atoms with van der Waals surface area (Å²) in [6, 6.07) is 4.29. The van der Waals surface area contributed by atoms with E-state index in [9.17, 15) is 17.6 Å². The molecule has 2 nitrogen and oxygen atoms in total. The van der Waals surface area contributed by atoms with Crippen LogP contribution >= 0.6 is 0 Å². The quantitative estimate of drug-likeness (QED) is 0.645. The molecule has 0 radical (unpaired) electrons. The molecule has 0 aliphatic carbocycles. The van der Waals surface area contributed by atoms with E-state index in [4.69, 9.17) is 5.73 Å². The van der Waals surface area contributed by atoms with Crippen molar-refractivity contribution in [2.45, 2.75) is 12.7 Å². The van der Waals surface area contributed by atoms with Crippen LogP contribution in [0.1, 0.15) is 5.56 Å². The van der Waals surface area contributed by atoms with Crippen molar-refractivity contribution in [1.82, 2.24) is 4.90 Å². The lowest BCUT2D eigenvalue weighted by molar-refractivity contribution is -0.144. The van der Waals surface area contributed by atoms with Crippen molar-refractivity contribution in [1.29, 1.82) is 0 Å². The smallest absolute Gasteiger partial charge is 0.396 e. The lowest BCUT2D eigenvalue weighted by atomic mass is 10.2. The fourth-order valence-corrected chi connectivity index (χ4v) is 1.37. The molecule has 1 aromatic carbocycles. The van der Waals surface area contributed by atoms with Gasteiger partial charge in [-0.2, -0.15) is 13.2 Å². The van der Waals surface area contributed by atoms with Gasteiger partial charge in [-0.05, 0) is 13.1 Å². The Hall–Kier alpha value is -1.30. The van der Waals surface area contributed by atoms with Crippen LogP contribution in [-0.4, -0.2) is 24.7 Å². The van der Waals surface area contributed by atoms with Gasteiger partial charge in [0.2, 0.25) is 0 Å². The molecule has 0 aliphatic heterocycles. The maximum Gasteiger partial charge on any atom is 0.401 e. The topological polar surface area (TPSA) is 29.3 Å². The highest BCUT2D eigenvalue weighted by Crippen LogP contribution is 2.19. The summed E-state index contributed by atoms with van der Waals surface area (Å²) in [6.07, 6.45) is -4.29. The third-order valence-electron chi connectivity index (χ3n) is 2.00. The van der Waals surface area contributed by atoms with Crippen molar-refractivity contribution in [2.24, 2.45) is 0 Å².